The van der Waals surface area contributed by atoms with Crippen molar-refractivity contribution in [2.75, 3.05) is 11.9 Å². The van der Waals surface area contributed by atoms with Gasteiger partial charge < -0.3 is 14.8 Å². The zero-order valence-electron chi connectivity index (χ0n) is 20.7. The minimum Gasteiger partial charge on any atom is -0.345 e. The third-order valence-corrected chi connectivity index (χ3v) is 6.54. The van der Waals surface area contributed by atoms with E-state index in [1.807, 2.05) is 72.8 Å². The van der Waals surface area contributed by atoms with Crippen molar-refractivity contribution in [1.29, 1.82) is 0 Å². The van der Waals surface area contributed by atoms with Crippen LogP contribution in [0.3, 0.4) is 0 Å². The average Bonchev–Trinajstić information content (AvgIpc) is 3.15. The van der Waals surface area contributed by atoms with Gasteiger partial charge in [-0.3, -0.25) is 9.59 Å². The highest BCUT2D eigenvalue weighted by Gasteiger charge is 2.26. The van der Waals surface area contributed by atoms with Crippen molar-refractivity contribution >= 4 is 28.4 Å². The van der Waals surface area contributed by atoms with E-state index < -0.39 is 6.04 Å². The number of nitrogens with zero attached hydrogens (tertiary/aromatic N) is 2. The van der Waals surface area contributed by atoms with Gasteiger partial charge >= 0.3 is 0 Å². The van der Waals surface area contributed by atoms with Gasteiger partial charge in [0.2, 0.25) is 11.8 Å². The Labute approximate surface area is 207 Å². The summed E-state index contributed by atoms with van der Waals surface area (Å²) in [5.41, 5.74) is 5.08. The molecular weight excluding hydrogens is 434 g/mol. The Bertz CT molecular complexity index is 1300. The minimum absolute atomic E-state index is 0.140. The number of carbonyl (C=O) groups is 2. The van der Waals surface area contributed by atoms with E-state index in [1.54, 1.807) is 11.9 Å². The molecule has 4 aromatic rings. The molecule has 0 saturated heterocycles. The third kappa shape index (κ3) is 5.46. The molecule has 0 spiro atoms. The van der Waals surface area contributed by atoms with Gasteiger partial charge in [-0.1, -0.05) is 73.7 Å². The number of hydrogen-bond acceptors (Lipinski definition) is 2. The molecule has 0 aliphatic heterocycles. The lowest BCUT2D eigenvalue weighted by Gasteiger charge is -2.25. The third-order valence-electron chi connectivity index (χ3n) is 6.54. The molecule has 2 amide bonds. The molecule has 35 heavy (non-hydrogen) atoms. The molecule has 0 saturated carbocycles. The van der Waals surface area contributed by atoms with E-state index >= 15 is 0 Å². The van der Waals surface area contributed by atoms with Gasteiger partial charge in [0.15, 0.2) is 0 Å². The summed E-state index contributed by atoms with van der Waals surface area (Å²) in [6, 6.07) is 26.9. The first kappa shape index (κ1) is 24.3. The number of para-hydroxylation sites is 2. The summed E-state index contributed by atoms with van der Waals surface area (Å²) in [5.74, 6) is -0.290. The molecule has 4 rings (SSSR count). The van der Waals surface area contributed by atoms with Crippen molar-refractivity contribution < 1.29 is 9.59 Å². The fourth-order valence-electron chi connectivity index (χ4n) is 4.71. The minimum atomic E-state index is -0.667. The van der Waals surface area contributed by atoms with Crippen LogP contribution in [0.15, 0.2) is 84.9 Å². The monoisotopic (exact) mass is 467 g/mol. The van der Waals surface area contributed by atoms with Crippen molar-refractivity contribution in [3.63, 3.8) is 0 Å². The number of carbonyl (C=O) groups excluding carboxylic acids is 2. The highest BCUT2D eigenvalue weighted by molar-refractivity contribution is 5.99. The molecule has 0 aliphatic rings. The van der Waals surface area contributed by atoms with E-state index in [0.29, 0.717) is 6.42 Å². The highest BCUT2D eigenvalue weighted by Crippen LogP contribution is 2.27. The van der Waals surface area contributed by atoms with Gasteiger partial charge in [0, 0.05) is 42.3 Å². The number of likely N-dealkylation sites (N-methyl/N-ethyl adjacent to an activating group) is 1. The van der Waals surface area contributed by atoms with Crippen LogP contribution in [0.5, 0.6) is 0 Å². The standard InChI is InChI=1S/C30H33N3O2/c1-4-19-33-22(2)26(25-17-11-12-18-28(25)33)21-29(34)31-27(20-23-13-7-5-8-14-23)30(35)32(3)24-15-9-6-10-16-24/h5-18,27H,4,19-21H2,1-3H3,(H,31,34)/t27-/m0/s1. The number of rotatable bonds is 9. The van der Waals surface area contributed by atoms with Gasteiger partial charge in [-0.05, 0) is 42.7 Å². The summed E-state index contributed by atoms with van der Waals surface area (Å²) in [6.07, 6.45) is 1.68. The zero-order chi connectivity index (χ0) is 24.8. The fourth-order valence-corrected chi connectivity index (χ4v) is 4.71. The molecule has 180 valence electrons. The zero-order valence-corrected chi connectivity index (χ0v) is 20.7. The quantitative estimate of drug-likeness (QED) is 0.364. The van der Waals surface area contributed by atoms with Crippen molar-refractivity contribution in [1.82, 2.24) is 9.88 Å². The van der Waals surface area contributed by atoms with Crippen LogP contribution in [0, 0.1) is 6.92 Å². The van der Waals surface area contributed by atoms with Crippen molar-refractivity contribution in [2.24, 2.45) is 0 Å². The molecule has 1 aromatic heterocycles. The number of nitrogens with one attached hydrogen (secondary N) is 1. The second-order valence-electron chi connectivity index (χ2n) is 8.95. The molecule has 0 aliphatic carbocycles. The molecule has 1 N–H and O–H groups in total. The molecule has 0 radical (unpaired) electrons. The number of aryl methyl sites for hydroxylation is 1. The molecule has 0 bridgehead atoms. The number of amides is 2. The maximum absolute atomic E-state index is 13.5. The molecular formula is C30H33N3O2. The lowest BCUT2D eigenvalue weighted by atomic mass is 10.0. The Morgan fingerprint density at radius 1 is 0.914 bits per heavy atom. The summed E-state index contributed by atoms with van der Waals surface area (Å²) >= 11 is 0. The van der Waals surface area contributed by atoms with Gasteiger partial charge in [-0.15, -0.1) is 0 Å². The second kappa shape index (κ2) is 11.0. The number of hydrogen-bond donors (Lipinski definition) is 1. The summed E-state index contributed by atoms with van der Waals surface area (Å²) in [7, 11) is 1.75. The number of fused-ring (bicyclic) bond motifs is 1. The van der Waals surface area contributed by atoms with Crippen LogP contribution in [0.2, 0.25) is 0 Å². The van der Waals surface area contributed by atoms with Gasteiger partial charge in [-0.25, -0.2) is 0 Å². The summed E-state index contributed by atoms with van der Waals surface area (Å²) in [6.45, 7) is 5.14. The second-order valence-corrected chi connectivity index (χ2v) is 8.95. The van der Waals surface area contributed by atoms with Gasteiger partial charge in [-0.2, -0.15) is 0 Å². The summed E-state index contributed by atoms with van der Waals surface area (Å²) in [5, 5.41) is 4.16. The molecule has 0 unspecified atom stereocenters. The van der Waals surface area contributed by atoms with E-state index in [2.05, 4.69) is 35.9 Å². The van der Waals surface area contributed by atoms with Crippen LogP contribution in [0.1, 0.15) is 30.2 Å². The van der Waals surface area contributed by atoms with Crippen LogP contribution in [-0.4, -0.2) is 29.5 Å². The van der Waals surface area contributed by atoms with Gasteiger partial charge in [0.05, 0.1) is 6.42 Å². The van der Waals surface area contributed by atoms with Gasteiger partial charge in [0.1, 0.15) is 6.04 Å². The van der Waals surface area contributed by atoms with Crippen LogP contribution in [-0.2, 0) is 29.0 Å². The maximum atomic E-state index is 13.5. The fraction of sp³-hybridized carbons (Fsp3) is 0.267. The first-order valence-electron chi connectivity index (χ1n) is 12.2. The first-order valence-corrected chi connectivity index (χ1v) is 12.2. The first-order chi connectivity index (χ1) is 17.0. The van der Waals surface area contributed by atoms with Crippen molar-refractivity contribution in [2.45, 2.75) is 45.7 Å². The molecule has 5 nitrogen and oxygen atoms in total. The van der Waals surface area contributed by atoms with E-state index in [0.717, 1.165) is 46.4 Å². The van der Waals surface area contributed by atoms with Crippen molar-refractivity contribution in [3.05, 3.63) is 102 Å². The SMILES string of the molecule is CCCn1c(C)c(CC(=O)N[C@@H](Cc2ccccc2)C(=O)N(C)c2ccccc2)c2ccccc21. The highest BCUT2D eigenvalue weighted by atomic mass is 16.2. The normalized spacial score (nSPS) is 11.9. The molecule has 1 heterocycles. The Morgan fingerprint density at radius 2 is 1.54 bits per heavy atom. The Kier molecular flexibility index (Phi) is 7.66. The van der Waals surface area contributed by atoms with Crippen LogP contribution < -0.4 is 10.2 Å². The lowest BCUT2D eigenvalue weighted by molar-refractivity contribution is -0.127. The lowest BCUT2D eigenvalue weighted by Crippen LogP contribution is -2.49. The topological polar surface area (TPSA) is 54.3 Å². The van der Waals surface area contributed by atoms with Crippen molar-refractivity contribution in [3.8, 4) is 0 Å². The van der Waals surface area contributed by atoms with E-state index in [-0.39, 0.29) is 18.2 Å². The average molecular weight is 468 g/mol. The Hall–Kier alpha value is -3.86. The van der Waals surface area contributed by atoms with Crippen LogP contribution in [0.4, 0.5) is 5.69 Å². The van der Waals surface area contributed by atoms with E-state index in [1.165, 1.54) is 0 Å². The Balaban J connectivity index is 1.59. The predicted molar refractivity (Wildman–Crippen MR) is 143 cm³/mol. The Morgan fingerprint density at radius 3 is 2.23 bits per heavy atom. The summed E-state index contributed by atoms with van der Waals surface area (Å²) < 4.78 is 2.29. The number of aromatic nitrogens is 1. The van der Waals surface area contributed by atoms with Crippen LogP contribution >= 0.6 is 0 Å². The molecule has 5 heteroatoms. The number of benzene rings is 3. The summed E-state index contributed by atoms with van der Waals surface area (Å²) in [4.78, 5) is 28.5. The largest absolute Gasteiger partial charge is 0.345 e. The number of anilines is 1. The molecule has 1 atom stereocenters. The van der Waals surface area contributed by atoms with E-state index in [9.17, 15) is 9.59 Å². The van der Waals surface area contributed by atoms with Crippen LogP contribution in [0.25, 0.3) is 10.9 Å². The van der Waals surface area contributed by atoms with Gasteiger partial charge in [0.25, 0.3) is 0 Å². The predicted octanol–water partition coefficient (Wildman–Crippen LogP) is 5.29. The van der Waals surface area contributed by atoms with E-state index in [4.69, 9.17) is 0 Å². The maximum Gasteiger partial charge on any atom is 0.249 e. The molecule has 0 fully saturated rings. The molecule has 3 aromatic carbocycles. The smallest absolute Gasteiger partial charge is 0.249 e.